The van der Waals surface area contributed by atoms with Crippen LogP contribution in [0, 0.1) is 5.92 Å². The van der Waals surface area contributed by atoms with Crippen LogP contribution in [0.5, 0.6) is 0 Å². The molecule has 2 unspecified atom stereocenters. The Bertz CT molecular complexity index is 1200. The third kappa shape index (κ3) is 9.48. The largest absolute Gasteiger partial charge is 0.460 e. The Hall–Kier alpha value is -3.06. The van der Waals surface area contributed by atoms with E-state index < -0.39 is 48.1 Å². The summed E-state index contributed by atoms with van der Waals surface area (Å²) in [7, 11) is 0. The minimum Gasteiger partial charge on any atom is -0.460 e. The van der Waals surface area contributed by atoms with Gasteiger partial charge in [0, 0.05) is 6.42 Å². The minimum atomic E-state index is -1.46. The molecule has 0 aromatic carbocycles. The van der Waals surface area contributed by atoms with Crippen LogP contribution in [0.4, 0.5) is 10.3 Å². The van der Waals surface area contributed by atoms with Gasteiger partial charge >= 0.3 is 11.9 Å². The molecule has 1 fully saturated rings. The van der Waals surface area contributed by atoms with E-state index in [-0.39, 0.29) is 36.1 Å². The summed E-state index contributed by atoms with van der Waals surface area (Å²) >= 11 is 0. The number of ether oxygens (including phenoxy) is 3. The number of H-pyrrole nitrogens is 1. The predicted octanol–water partition coefficient (Wildman–Crippen LogP) is 4.08. The van der Waals surface area contributed by atoms with Crippen LogP contribution in [0.15, 0.2) is 11.1 Å². The number of anilines is 1. The fourth-order valence-corrected chi connectivity index (χ4v) is 4.95. The molecule has 3 heterocycles. The molecule has 1 saturated heterocycles. The van der Waals surface area contributed by atoms with E-state index in [0.29, 0.717) is 12.8 Å². The molecule has 42 heavy (non-hydrogen) atoms. The van der Waals surface area contributed by atoms with E-state index in [0.717, 1.165) is 19.3 Å². The molecule has 2 aromatic rings. The van der Waals surface area contributed by atoms with E-state index in [4.69, 9.17) is 25.7 Å². The lowest BCUT2D eigenvalue weighted by atomic mass is 10.0. The number of hydrogen-bond donors (Lipinski definition) is 3. The number of nitrogens with zero attached hydrogens (tertiary/aromatic N) is 3. The number of carbonyl (C=O) groups is 2. The van der Waals surface area contributed by atoms with Crippen LogP contribution >= 0.6 is 0 Å². The number of fused-ring (bicyclic) bond motifs is 1. The maximum Gasteiger partial charge on any atom is 0.347 e. The van der Waals surface area contributed by atoms with Gasteiger partial charge in [-0.05, 0) is 18.8 Å². The fourth-order valence-electron chi connectivity index (χ4n) is 4.95. The number of esters is 2. The van der Waals surface area contributed by atoms with Crippen LogP contribution in [0.25, 0.3) is 11.2 Å². The Morgan fingerprint density at radius 2 is 1.76 bits per heavy atom. The standard InChI is InChI=1S/C29H47FN6O6/c1-4-5-6-7-8-9-10-11-12-13-14-20(42-28(39)23(31)18(2)3)27(38)40-16-21-19(30)15-22(41-21)36-17-33-24-25(36)34-29(32)35-26(24)37/h17-23H,4-16,31H2,1-3H3,(H3,32,34,35,37)/t19?,20?,21-,22-,23+/m1/s1. The molecule has 1 aliphatic rings. The number of nitrogens with one attached hydrogen (secondary N) is 1. The van der Waals surface area contributed by atoms with Crippen LogP contribution in [0.1, 0.15) is 104 Å². The summed E-state index contributed by atoms with van der Waals surface area (Å²) in [6.07, 6.45) is 8.29. The van der Waals surface area contributed by atoms with Crippen LogP contribution in [0.2, 0.25) is 0 Å². The maximum absolute atomic E-state index is 14.9. The zero-order valence-corrected chi connectivity index (χ0v) is 25.1. The van der Waals surface area contributed by atoms with E-state index in [9.17, 15) is 18.8 Å². The molecule has 13 heteroatoms. The van der Waals surface area contributed by atoms with Gasteiger partial charge in [0.05, 0.1) is 6.33 Å². The summed E-state index contributed by atoms with van der Waals surface area (Å²) in [5, 5.41) is 0. The van der Waals surface area contributed by atoms with Crippen LogP contribution in [-0.2, 0) is 23.8 Å². The van der Waals surface area contributed by atoms with Gasteiger partial charge in [-0.15, -0.1) is 0 Å². The molecule has 0 saturated carbocycles. The summed E-state index contributed by atoms with van der Waals surface area (Å²) in [6.45, 7) is 5.42. The highest BCUT2D eigenvalue weighted by molar-refractivity contribution is 5.82. The lowest BCUT2D eigenvalue weighted by Gasteiger charge is -2.22. The fraction of sp³-hybridized carbons (Fsp3) is 0.759. The first-order valence-corrected chi connectivity index (χ1v) is 15.3. The summed E-state index contributed by atoms with van der Waals surface area (Å²) in [4.78, 5) is 48.1. The third-order valence-corrected chi connectivity index (χ3v) is 7.64. The number of aromatic amines is 1. The van der Waals surface area contributed by atoms with Crippen molar-refractivity contribution in [2.45, 2.75) is 128 Å². The number of halogens is 1. The van der Waals surface area contributed by atoms with Crippen molar-refractivity contribution in [1.82, 2.24) is 19.5 Å². The zero-order chi connectivity index (χ0) is 30.6. The maximum atomic E-state index is 14.9. The predicted molar refractivity (Wildman–Crippen MR) is 156 cm³/mol. The first-order chi connectivity index (χ1) is 20.1. The van der Waals surface area contributed by atoms with Gasteiger partial charge < -0.3 is 25.7 Å². The van der Waals surface area contributed by atoms with Crippen molar-refractivity contribution in [3.8, 4) is 0 Å². The molecular formula is C29H47FN6O6. The smallest absolute Gasteiger partial charge is 0.347 e. The van der Waals surface area contributed by atoms with Gasteiger partial charge in [0.15, 0.2) is 17.3 Å². The Morgan fingerprint density at radius 1 is 1.12 bits per heavy atom. The number of imidazole rings is 1. The van der Waals surface area contributed by atoms with Crippen molar-refractivity contribution in [2.24, 2.45) is 11.7 Å². The number of alkyl halides is 1. The van der Waals surface area contributed by atoms with Crippen molar-refractivity contribution in [3.05, 3.63) is 16.7 Å². The van der Waals surface area contributed by atoms with Crippen LogP contribution < -0.4 is 17.0 Å². The lowest BCUT2D eigenvalue weighted by molar-refractivity contribution is -0.172. The van der Waals surface area contributed by atoms with E-state index in [1.54, 1.807) is 13.8 Å². The van der Waals surface area contributed by atoms with E-state index in [1.807, 2.05) is 0 Å². The van der Waals surface area contributed by atoms with Crippen molar-refractivity contribution in [2.75, 3.05) is 12.3 Å². The molecule has 2 aromatic heterocycles. The van der Waals surface area contributed by atoms with Gasteiger partial charge in [0.1, 0.15) is 31.2 Å². The highest BCUT2D eigenvalue weighted by atomic mass is 19.1. The molecule has 236 valence electrons. The molecule has 0 aliphatic carbocycles. The van der Waals surface area contributed by atoms with Crippen molar-refractivity contribution in [3.63, 3.8) is 0 Å². The van der Waals surface area contributed by atoms with Crippen molar-refractivity contribution >= 4 is 29.1 Å². The second-order valence-electron chi connectivity index (χ2n) is 11.5. The minimum absolute atomic E-state index is 0.0503. The van der Waals surface area contributed by atoms with E-state index in [2.05, 4.69) is 21.9 Å². The van der Waals surface area contributed by atoms with Crippen molar-refractivity contribution < 1.29 is 28.2 Å². The molecule has 0 amide bonds. The Balaban J connectivity index is 1.52. The SMILES string of the molecule is CCCCCCCCCCCCC(OC(=O)[C@@H](N)C(C)C)C(=O)OC[C@H]1O[C@@H](n2cnc3c(=O)[nH]c(N)nc32)CC1F. The third-order valence-electron chi connectivity index (χ3n) is 7.64. The normalized spacial score (nSPS) is 20.2. The molecule has 1 aliphatic heterocycles. The van der Waals surface area contributed by atoms with Gasteiger partial charge in [-0.3, -0.25) is 19.1 Å². The molecule has 12 nitrogen and oxygen atoms in total. The molecule has 3 rings (SSSR count). The number of aromatic nitrogens is 4. The zero-order valence-electron chi connectivity index (χ0n) is 25.1. The second-order valence-corrected chi connectivity index (χ2v) is 11.5. The summed E-state index contributed by atoms with van der Waals surface area (Å²) in [5.41, 5.74) is 11.3. The summed E-state index contributed by atoms with van der Waals surface area (Å²) < 4.78 is 33.0. The van der Waals surface area contributed by atoms with Gasteiger partial charge in [0.2, 0.25) is 5.95 Å². The highest BCUT2D eigenvalue weighted by Crippen LogP contribution is 2.32. The Labute approximate surface area is 246 Å². The monoisotopic (exact) mass is 594 g/mol. The van der Waals surface area contributed by atoms with Gasteiger partial charge in [-0.1, -0.05) is 78.6 Å². The average molecular weight is 595 g/mol. The Morgan fingerprint density at radius 3 is 2.40 bits per heavy atom. The molecule has 5 N–H and O–H groups in total. The number of carbonyl (C=O) groups excluding carboxylic acids is 2. The molecule has 5 atom stereocenters. The number of nitrogen functional groups attached to an aromatic ring is 1. The van der Waals surface area contributed by atoms with Gasteiger partial charge in [0.25, 0.3) is 5.56 Å². The number of unbranched alkanes of at least 4 members (excludes halogenated alkanes) is 9. The van der Waals surface area contributed by atoms with Crippen molar-refractivity contribution in [1.29, 1.82) is 0 Å². The molecule has 0 radical (unpaired) electrons. The number of nitrogens with two attached hydrogens (primary N) is 2. The van der Waals surface area contributed by atoms with Gasteiger partial charge in [-0.25, -0.2) is 14.2 Å². The quantitative estimate of drug-likeness (QED) is 0.168. The van der Waals surface area contributed by atoms with Gasteiger partial charge in [-0.2, -0.15) is 4.98 Å². The number of hydrogen-bond acceptors (Lipinski definition) is 10. The van der Waals surface area contributed by atoms with E-state index >= 15 is 0 Å². The topological polar surface area (TPSA) is 177 Å². The molecular weight excluding hydrogens is 547 g/mol. The second kappa shape index (κ2) is 16.5. The summed E-state index contributed by atoms with van der Waals surface area (Å²) in [5.74, 6) is -1.70. The average Bonchev–Trinajstić information content (AvgIpc) is 3.54. The summed E-state index contributed by atoms with van der Waals surface area (Å²) in [6, 6.07) is -0.873. The Kier molecular flexibility index (Phi) is 13.2. The van der Waals surface area contributed by atoms with Crippen LogP contribution in [-0.4, -0.2) is 62.5 Å². The number of rotatable bonds is 18. The molecule has 0 bridgehead atoms. The lowest BCUT2D eigenvalue weighted by Crippen LogP contribution is -2.41. The van der Waals surface area contributed by atoms with E-state index in [1.165, 1.54) is 49.4 Å². The first kappa shape index (κ1) is 33.4. The first-order valence-electron chi connectivity index (χ1n) is 15.3. The molecule has 0 spiro atoms. The highest BCUT2D eigenvalue weighted by Gasteiger charge is 2.39. The van der Waals surface area contributed by atoms with Crippen LogP contribution in [0.3, 0.4) is 0 Å².